The third-order valence-electron chi connectivity index (χ3n) is 7.06. The van der Waals surface area contributed by atoms with Crippen molar-refractivity contribution in [2.24, 2.45) is 18.9 Å². The highest BCUT2D eigenvalue weighted by atomic mass is 16.5. The first-order valence-electron chi connectivity index (χ1n) is 9.37. The molecule has 0 aliphatic carbocycles. The lowest BCUT2D eigenvalue weighted by Gasteiger charge is -2.61. The van der Waals surface area contributed by atoms with Crippen LogP contribution in [0, 0.1) is 17.0 Å². The van der Waals surface area contributed by atoms with Gasteiger partial charge in [-0.3, -0.25) is 4.79 Å². The molecule has 3 aliphatic heterocycles. The number of para-hydroxylation sites is 1. The number of carbonyl (C=O) groups is 1. The van der Waals surface area contributed by atoms with E-state index in [1.54, 1.807) is 13.2 Å². The summed E-state index contributed by atoms with van der Waals surface area (Å²) in [4.78, 5) is 12.2. The van der Waals surface area contributed by atoms with E-state index in [1.165, 1.54) is 16.5 Å². The van der Waals surface area contributed by atoms with Gasteiger partial charge in [0.25, 0.3) is 0 Å². The van der Waals surface area contributed by atoms with Crippen molar-refractivity contribution in [3.8, 4) is 0 Å². The molecule has 0 spiro atoms. The van der Waals surface area contributed by atoms with Crippen molar-refractivity contribution in [1.82, 2.24) is 4.57 Å². The van der Waals surface area contributed by atoms with Crippen LogP contribution in [0.25, 0.3) is 10.9 Å². The number of hydroxylamine groups is 3. The van der Waals surface area contributed by atoms with Gasteiger partial charge in [0, 0.05) is 42.3 Å². The summed E-state index contributed by atoms with van der Waals surface area (Å²) >= 11 is 0. The van der Waals surface area contributed by atoms with E-state index < -0.39 is 0 Å². The van der Waals surface area contributed by atoms with Crippen LogP contribution in [0.3, 0.4) is 0 Å². The number of piperidine rings is 1. The average molecular weight is 352 g/mol. The molecule has 0 N–H and O–H groups in total. The number of hydrogen-bond acceptors (Lipinski definition) is 3. The summed E-state index contributed by atoms with van der Waals surface area (Å²) in [7, 11) is 3.89. The predicted octanol–water partition coefficient (Wildman–Crippen LogP) is 3.23. The Kier molecular flexibility index (Phi) is 3.22. The Hall–Kier alpha value is -2.11. The maximum absolute atomic E-state index is 13.8. The fraction of sp³-hybridized carbons (Fsp3) is 0.476. The molecule has 2 aromatic rings. The van der Waals surface area contributed by atoms with Crippen LogP contribution in [0.2, 0.25) is 0 Å². The molecular formula is C21H24N2O3. The number of Topliss-reactive ketones (excluding diaryl/α,β-unsaturated/α-hetero) is 1. The van der Waals surface area contributed by atoms with E-state index in [0.717, 1.165) is 17.7 Å². The number of ether oxygens (including phenoxy) is 1. The van der Waals surface area contributed by atoms with Gasteiger partial charge in [-0.2, -0.15) is 0 Å². The Labute approximate surface area is 153 Å². The number of aromatic nitrogens is 1. The van der Waals surface area contributed by atoms with Crippen molar-refractivity contribution in [3.63, 3.8) is 0 Å². The fourth-order valence-electron chi connectivity index (χ4n) is 5.80. The van der Waals surface area contributed by atoms with Crippen molar-refractivity contribution in [1.29, 1.82) is 0 Å². The molecule has 26 heavy (non-hydrogen) atoms. The Morgan fingerprint density at radius 3 is 2.88 bits per heavy atom. The van der Waals surface area contributed by atoms with Gasteiger partial charge in [-0.15, -0.1) is 0 Å². The minimum Gasteiger partial charge on any atom is -0.632 e. The summed E-state index contributed by atoms with van der Waals surface area (Å²) in [5, 5.41) is 15.0. The number of fused-ring (bicyclic) bond motifs is 8. The lowest BCUT2D eigenvalue weighted by molar-refractivity contribution is -0.931. The second-order valence-corrected chi connectivity index (χ2v) is 8.25. The van der Waals surface area contributed by atoms with Gasteiger partial charge in [0.2, 0.25) is 0 Å². The number of carbonyl (C=O) groups excluding carboxylic acids is 1. The highest BCUT2D eigenvalue weighted by Gasteiger charge is 2.55. The van der Waals surface area contributed by atoms with E-state index in [0.29, 0.717) is 13.0 Å². The molecule has 1 aromatic heterocycles. The van der Waals surface area contributed by atoms with Crippen molar-refractivity contribution in [2.75, 3.05) is 13.7 Å². The maximum atomic E-state index is 13.8. The van der Waals surface area contributed by atoms with Crippen LogP contribution in [0.5, 0.6) is 0 Å². The molecule has 1 fully saturated rings. The first kappa shape index (κ1) is 16.1. The third-order valence-corrected chi connectivity index (χ3v) is 7.06. The summed E-state index contributed by atoms with van der Waals surface area (Å²) in [5.41, 5.74) is 4.43. The first-order chi connectivity index (χ1) is 12.4. The monoisotopic (exact) mass is 352 g/mol. The van der Waals surface area contributed by atoms with Gasteiger partial charge in [0.15, 0.2) is 5.78 Å². The molecule has 5 rings (SSSR count). The van der Waals surface area contributed by atoms with Gasteiger partial charge >= 0.3 is 0 Å². The molecule has 5 atom stereocenters. The number of ketones is 1. The zero-order chi connectivity index (χ0) is 18.2. The van der Waals surface area contributed by atoms with Crippen molar-refractivity contribution < 1.29 is 14.2 Å². The standard InChI is InChI=1S/C21H24N2O3/c1-12(24)16-10-26-11-17-14(16)8-20-21-15(9-19(17)23(20,3)25)13-6-4-5-7-18(13)22(21)2/h4-7,10,14,17,19-20H,8-9,11H2,1-3H3. The highest BCUT2D eigenvalue weighted by molar-refractivity contribution is 5.93. The van der Waals surface area contributed by atoms with Gasteiger partial charge in [0.05, 0.1) is 37.6 Å². The van der Waals surface area contributed by atoms with Gasteiger partial charge in [-0.05, 0) is 18.6 Å². The van der Waals surface area contributed by atoms with E-state index in [-0.39, 0.29) is 34.3 Å². The van der Waals surface area contributed by atoms with Crippen LogP contribution in [0.15, 0.2) is 36.1 Å². The Balaban J connectivity index is 1.72. The first-order valence-corrected chi connectivity index (χ1v) is 9.37. The van der Waals surface area contributed by atoms with E-state index in [9.17, 15) is 10.0 Å². The van der Waals surface area contributed by atoms with E-state index >= 15 is 0 Å². The summed E-state index contributed by atoms with van der Waals surface area (Å²) in [6.45, 7) is 2.14. The summed E-state index contributed by atoms with van der Waals surface area (Å²) in [6, 6.07) is 8.21. The summed E-state index contributed by atoms with van der Waals surface area (Å²) in [6.07, 6.45) is 3.11. The second kappa shape index (κ2) is 5.21. The number of likely N-dealkylation sites (N-methyl/N-ethyl adjacent to an activating group) is 1. The quantitative estimate of drug-likeness (QED) is 0.585. The van der Waals surface area contributed by atoms with Crippen molar-refractivity contribution in [2.45, 2.75) is 31.8 Å². The number of quaternary nitrogens is 1. The van der Waals surface area contributed by atoms with Crippen LogP contribution in [0.1, 0.15) is 30.6 Å². The molecule has 0 amide bonds. The molecule has 136 valence electrons. The Morgan fingerprint density at radius 2 is 2.12 bits per heavy atom. The zero-order valence-corrected chi connectivity index (χ0v) is 15.4. The maximum Gasteiger partial charge on any atom is 0.159 e. The number of hydrogen-bond donors (Lipinski definition) is 0. The van der Waals surface area contributed by atoms with Crippen molar-refractivity contribution in [3.05, 3.63) is 52.6 Å². The molecular weight excluding hydrogens is 328 g/mol. The topological polar surface area (TPSA) is 54.3 Å². The minimum atomic E-state index is -0.257. The fourth-order valence-corrected chi connectivity index (χ4v) is 5.80. The molecule has 4 heterocycles. The molecule has 1 saturated heterocycles. The van der Waals surface area contributed by atoms with Gasteiger partial charge in [0.1, 0.15) is 6.04 Å². The third kappa shape index (κ3) is 1.90. The molecule has 1 aromatic carbocycles. The number of rotatable bonds is 1. The van der Waals surface area contributed by atoms with Crippen LogP contribution in [-0.4, -0.2) is 34.7 Å². The number of nitrogens with zero attached hydrogens (tertiary/aromatic N) is 2. The predicted molar refractivity (Wildman–Crippen MR) is 99.0 cm³/mol. The lowest BCUT2D eigenvalue weighted by Crippen LogP contribution is -2.63. The molecule has 0 radical (unpaired) electrons. The van der Waals surface area contributed by atoms with Gasteiger partial charge in [-0.1, -0.05) is 18.2 Å². The molecule has 5 nitrogen and oxygen atoms in total. The second-order valence-electron chi connectivity index (χ2n) is 8.25. The zero-order valence-electron chi connectivity index (χ0n) is 15.4. The number of allylic oxidation sites excluding steroid dienone is 1. The Bertz CT molecular complexity index is 956. The largest absolute Gasteiger partial charge is 0.632 e. The highest BCUT2D eigenvalue weighted by Crippen LogP contribution is 2.54. The smallest absolute Gasteiger partial charge is 0.159 e. The van der Waals surface area contributed by atoms with Crippen LogP contribution in [0.4, 0.5) is 0 Å². The molecule has 0 saturated carbocycles. The molecule has 2 bridgehead atoms. The molecule has 5 heteroatoms. The summed E-state index contributed by atoms with van der Waals surface area (Å²) < 4.78 is 7.59. The molecule has 3 aliphatic rings. The van der Waals surface area contributed by atoms with E-state index in [4.69, 9.17) is 4.74 Å². The average Bonchev–Trinajstić information content (AvgIpc) is 2.87. The van der Waals surface area contributed by atoms with Crippen LogP contribution >= 0.6 is 0 Å². The van der Waals surface area contributed by atoms with Crippen molar-refractivity contribution >= 4 is 16.7 Å². The SMILES string of the molecule is CC(=O)C1=COCC2C1CC1c3c(c4ccccc4n3C)CC2[N+]1(C)[O-]. The van der Waals surface area contributed by atoms with E-state index in [2.05, 4.69) is 35.9 Å². The minimum absolute atomic E-state index is 0.0667. The summed E-state index contributed by atoms with van der Waals surface area (Å²) in [5.74, 6) is 0.296. The van der Waals surface area contributed by atoms with E-state index in [1.807, 2.05) is 7.05 Å². The van der Waals surface area contributed by atoms with Gasteiger partial charge < -0.3 is 19.2 Å². The lowest BCUT2D eigenvalue weighted by atomic mass is 9.67. The van der Waals surface area contributed by atoms with Crippen LogP contribution in [-0.2, 0) is 23.0 Å². The van der Waals surface area contributed by atoms with Gasteiger partial charge in [-0.25, -0.2) is 0 Å². The van der Waals surface area contributed by atoms with Crippen LogP contribution < -0.4 is 0 Å². The number of aryl methyl sites for hydroxylation is 1. The normalized spacial score (nSPS) is 35.3. The Morgan fingerprint density at radius 1 is 1.35 bits per heavy atom. The number of benzene rings is 1. The molecule has 5 unspecified atom stereocenters.